The van der Waals surface area contributed by atoms with Crippen LogP contribution < -0.4 is 5.56 Å². The largest absolute Gasteiger partial charge is 0.375 e. The van der Waals surface area contributed by atoms with Crippen molar-refractivity contribution in [1.82, 2.24) is 19.8 Å². The van der Waals surface area contributed by atoms with Crippen LogP contribution in [-0.4, -0.2) is 71.5 Å². The van der Waals surface area contributed by atoms with Gasteiger partial charge in [0.15, 0.2) is 0 Å². The van der Waals surface area contributed by atoms with Crippen LogP contribution in [0.1, 0.15) is 74.7 Å². The van der Waals surface area contributed by atoms with Crippen molar-refractivity contribution in [3.05, 3.63) is 27.9 Å². The molecule has 8 nitrogen and oxygen atoms in total. The molecule has 3 fully saturated rings. The molecular formula is C23H34N4O4. The highest BCUT2D eigenvalue weighted by Crippen LogP contribution is 2.32. The van der Waals surface area contributed by atoms with E-state index in [2.05, 4.69) is 4.98 Å². The predicted octanol–water partition coefficient (Wildman–Crippen LogP) is 2.02. The molecule has 0 spiro atoms. The number of amides is 2. The van der Waals surface area contributed by atoms with Crippen molar-refractivity contribution in [3.8, 4) is 0 Å². The zero-order valence-electron chi connectivity index (χ0n) is 18.5. The molecule has 4 rings (SSSR count). The number of nitrogens with one attached hydrogen (secondary N) is 1. The molecule has 1 aliphatic carbocycles. The van der Waals surface area contributed by atoms with Crippen molar-refractivity contribution in [2.45, 2.75) is 63.2 Å². The van der Waals surface area contributed by atoms with E-state index in [1.807, 2.05) is 9.80 Å². The van der Waals surface area contributed by atoms with Crippen molar-refractivity contribution in [3.63, 3.8) is 0 Å². The van der Waals surface area contributed by atoms with E-state index in [-0.39, 0.29) is 35.8 Å². The fourth-order valence-corrected chi connectivity index (χ4v) is 5.37. The molecule has 170 valence electrons. The van der Waals surface area contributed by atoms with E-state index in [4.69, 9.17) is 9.72 Å². The fourth-order valence-electron chi connectivity index (χ4n) is 5.37. The second-order valence-electron chi connectivity index (χ2n) is 9.25. The molecule has 3 heterocycles. The van der Waals surface area contributed by atoms with Gasteiger partial charge in [0.2, 0.25) is 11.8 Å². The topological polar surface area (TPSA) is 95.6 Å². The molecule has 1 aromatic rings. The van der Waals surface area contributed by atoms with Crippen LogP contribution in [-0.2, 0) is 14.3 Å². The lowest BCUT2D eigenvalue weighted by molar-refractivity contribution is -0.137. The molecule has 3 aliphatic rings. The zero-order chi connectivity index (χ0) is 21.8. The third-order valence-electron chi connectivity index (χ3n) is 7.14. The van der Waals surface area contributed by atoms with Gasteiger partial charge in [0.25, 0.3) is 5.56 Å². The Bertz CT molecular complexity index is 840. The normalized spacial score (nSPS) is 23.3. The van der Waals surface area contributed by atoms with Crippen molar-refractivity contribution in [2.24, 2.45) is 5.92 Å². The first-order chi connectivity index (χ1) is 15.0. The van der Waals surface area contributed by atoms with Gasteiger partial charge in [0.05, 0.1) is 5.69 Å². The van der Waals surface area contributed by atoms with Crippen LogP contribution in [0.2, 0.25) is 0 Å². The molecule has 2 saturated heterocycles. The monoisotopic (exact) mass is 430 g/mol. The summed E-state index contributed by atoms with van der Waals surface area (Å²) in [7, 11) is 1.53. The van der Waals surface area contributed by atoms with Gasteiger partial charge in [-0.15, -0.1) is 0 Å². The lowest BCUT2D eigenvalue weighted by Gasteiger charge is -2.34. The van der Waals surface area contributed by atoms with Crippen LogP contribution in [0, 0.1) is 5.92 Å². The fraction of sp³-hybridized carbons (Fsp3) is 0.739. The average molecular weight is 431 g/mol. The third kappa shape index (κ3) is 5.17. The van der Waals surface area contributed by atoms with E-state index in [0.717, 1.165) is 69.4 Å². The van der Waals surface area contributed by atoms with Crippen LogP contribution in [0.5, 0.6) is 0 Å². The lowest BCUT2D eigenvalue weighted by atomic mass is 9.92. The number of hydrogen-bond donors (Lipinski definition) is 1. The minimum atomic E-state index is -0.128. The van der Waals surface area contributed by atoms with E-state index >= 15 is 0 Å². The number of piperidine rings is 2. The van der Waals surface area contributed by atoms with Gasteiger partial charge in [-0.05, 0) is 38.5 Å². The van der Waals surface area contributed by atoms with Gasteiger partial charge in [-0.1, -0.05) is 12.8 Å². The number of aromatic amines is 1. The van der Waals surface area contributed by atoms with Crippen LogP contribution in [0.25, 0.3) is 0 Å². The summed E-state index contributed by atoms with van der Waals surface area (Å²) < 4.78 is 4.95. The van der Waals surface area contributed by atoms with E-state index in [1.165, 1.54) is 7.11 Å². The molecule has 0 bridgehead atoms. The third-order valence-corrected chi connectivity index (χ3v) is 7.14. The van der Waals surface area contributed by atoms with Gasteiger partial charge in [0, 0.05) is 57.1 Å². The minimum Gasteiger partial charge on any atom is -0.375 e. The first-order valence-electron chi connectivity index (χ1n) is 11.7. The first-order valence-corrected chi connectivity index (χ1v) is 11.7. The molecule has 1 aromatic heterocycles. The number of carbonyl (C=O) groups is 2. The Labute approximate surface area is 183 Å². The second kappa shape index (κ2) is 9.94. The average Bonchev–Trinajstić information content (AvgIpc) is 3.33. The predicted molar refractivity (Wildman–Crippen MR) is 116 cm³/mol. The number of H-pyrrole nitrogens is 1. The molecular weight excluding hydrogens is 396 g/mol. The maximum absolute atomic E-state index is 12.9. The Morgan fingerprint density at radius 3 is 2.48 bits per heavy atom. The number of ether oxygens (including phenoxy) is 1. The van der Waals surface area contributed by atoms with Crippen molar-refractivity contribution in [1.29, 1.82) is 0 Å². The number of carbonyl (C=O) groups excluding carboxylic acids is 2. The Morgan fingerprint density at radius 2 is 1.77 bits per heavy atom. The molecule has 1 N–H and O–H groups in total. The lowest BCUT2D eigenvalue weighted by Crippen LogP contribution is -2.42. The smallest absolute Gasteiger partial charge is 0.251 e. The number of likely N-dealkylation sites (tertiary alicyclic amines) is 2. The number of methoxy groups -OCH3 is 1. The Kier molecular flexibility index (Phi) is 7.05. The highest BCUT2D eigenvalue weighted by atomic mass is 16.5. The first kappa shape index (κ1) is 22.0. The van der Waals surface area contributed by atoms with Crippen LogP contribution >= 0.6 is 0 Å². The number of rotatable bonds is 5. The van der Waals surface area contributed by atoms with Gasteiger partial charge in [0.1, 0.15) is 12.4 Å². The summed E-state index contributed by atoms with van der Waals surface area (Å²) in [5.74, 6) is 1.46. The highest BCUT2D eigenvalue weighted by Gasteiger charge is 2.32. The Hall–Kier alpha value is -2.22. The second-order valence-corrected chi connectivity index (χ2v) is 9.25. The quantitative estimate of drug-likeness (QED) is 0.771. The van der Waals surface area contributed by atoms with Gasteiger partial charge >= 0.3 is 0 Å². The van der Waals surface area contributed by atoms with Gasteiger partial charge in [-0.25, -0.2) is 4.98 Å². The molecule has 1 atom stereocenters. The van der Waals surface area contributed by atoms with E-state index in [0.29, 0.717) is 25.5 Å². The summed E-state index contributed by atoms with van der Waals surface area (Å²) in [6.07, 6.45) is 7.79. The maximum atomic E-state index is 12.9. The molecule has 8 heteroatoms. The summed E-state index contributed by atoms with van der Waals surface area (Å²) in [5, 5.41) is 0. The Morgan fingerprint density at radius 1 is 1.03 bits per heavy atom. The number of hydrogen-bond acceptors (Lipinski definition) is 5. The van der Waals surface area contributed by atoms with Gasteiger partial charge < -0.3 is 19.5 Å². The van der Waals surface area contributed by atoms with Crippen LogP contribution in [0.15, 0.2) is 10.9 Å². The number of aromatic nitrogens is 2. The SMILES string of the molecule is COCC(=O)N1CCC(c2nc([C@H]3CCCN(C(=O)C4CCCC4)C3)cc(=O)[nH]2)CC1. The molecule has 0 aromatic carbocycles. The van der Waals surface area contributed by atoms with Crippen molar-refractivity contribution >= 4 is 11.8 Å². The number of nitrogens with zero attached hydrogens (tertiary/aromatic N) is 3. The highest BCUT2D eigenvalue weighted by molar-refractivity contribution is 5.79. The molecule has 2 amide bonds. The van der Waals surface area contributed by atoms with E-state index in [1.54, 1.807) is 6.07 Å². The molecule has 31 heavy (non-hydrogen) atoms. The van der Waals surface area contributed by atoms with Gasteiger partial charge in [-0.2, -0.15) is 0 Å². The summed E-state index contributed by atoms with van der Waals surface area (Å²) in [6.45, 7) is 2.87. The molecule has 2 aliphatic heterocycles. The zero-order valence-corrected chi connectivity index (χ0v) is 18.5. The summed E-state index contributed by atoms with van der Waals surface area (Å²) >= 11 is 0. The summed E-state index contributed by atoms with van der Waals surface area (Å²) in [5.41, 5.74) is 0.678. The van der Waals surface area contributed by atoms with E-state index < -0.39 is 0 Å². The molecule has 1 saturated carbocycles. The standard InChI is InChI=1S/C23H34N4O4/c1-31-15-21(29)26-11-8-16(9-12-26)22-24-19(13-20(28)25-22)18-7-4-10-27(14-18)23(30)17-5-2-3-6-17/h13,16-18H,2-12,14-15H2,1H3,(H,24,25,28)/t18-/m0/s1. The molecule has 0 unspecified atom stereocenters. The Balaban J connectivity index is 1.42. The van der Waals surface area contributed by atoms with Crippen molar-refractivity contribution in [2.75, 3.05) is 39.9 Å². The maximum Gasteiger partial charge on any atom is 0.251 e. The minimum absolute atomic E-state index is 0.00498. The summed E-state index contributed by atoms with van der Waals surface area (Å²) in [4.78, 5) is 48.9. The van der Waals surface area contributed by atoms with Gasteiger partial charge in [-0.3, -0.25) is 14.4 Å². The summed E-state index contributed by atoms with van der Waals surface area (Å²) in [6, 6.07) is 1.61. The molecule has 0 radical (unpaired) electrons. The van der Waals surface area contributed by atoms with Crippen molar-refractivity contribution < 1.29 is 14.3 Å². The van der Waals surface area contributed by atoms with E-state index in [9.17, 15) is 14.4 Å². The van der Waals surface area contributed by atoms with Crippen LogP contribution in [0.4, 0.5) is 0 Å². The van der Waals surface area contributed by atoms with Crippen LogP contribution in [0.3, 0.4) is 0 Å².